The number of aliphatic hydroxyl groups is 1. The van der Waals surface area contributed by atoms with Crippen LogP contribution < -0.4 is 4.74 Å². The fourth-order valence-corrected chi connectivity index (χ4v) is 7.75. The fourth-order valence-electron chi connectivity index (χ4n) is 7.75. The molecule has 39 heavy (non-hydrogen) atoms. The number of hydrogen-bond acceptors (Lipinski definition) is 5. The van der Waals surface area contributed by atoms with Crippen LogP contribution in [0.1, 0.15) is 66.3 Å². The molecule has 1 saturated heterocycles. The van der Waals surface area contributed by atoms with E-state index in [0.29, 0.717) is 18.6 Å². The zero-order valence-corrected chi connectivity index (χ0v) is 23.6. The van der Waals surface area contributed by atoms with Crippen LogP contribution >= 0.6 is 0 Å². The highest BCUT2D eigenvalue weighted by atomic mass is 16.5. The Morgan fingerprint density at radius 2 is 1.95 bits per heavy atom. The van der Waals surface area contributed by atoms with Crippen LogP contribution in [0.5, 0.6) is 11.5 Å². The quantitative estimate of drug-likeness (QED) is 0.585. The first kappa shape index (κ1) is 26.2. The predicted octanol–water partition coefficient (Wildman–Crippen LogP) is 4.09. The number of amides is 1. The van der Waals surface area contributed by atoms with Gasteiger partial charge in [0.05, 0.1) is 12.7 Å². The number of nitrogens with zero attached hydrogens (tertiary/aromatic N) is 2. The van der Waals surface area contributed by atoms with Gasteiger partial charge in [0.2, 0.25) is 0 Å². The molecule has 0 radical (unpaired) electrons. The summed E-state index contributed by atoms with van der Waals surface area (Å²) in [5.74, 6) is 7.05. The van der Waals surface area contributed by atoms with Gasteiger partial charge in [-0.1, -0.05) is 18.1 Å². The van der Waals surface area contributed by atoms with E-state index in [1.807, 2.05) is 38.2 Å². The van der Waals surface area contributed by atoms with E-state index in [1.165, 1.54) is 18.4 Å². The van der Waals surface area contributed by atoms with Crippen molar-refractivity contribution in [2.75, 3.05) is 27.2 Å². The molecule has 2 bridgehead atoms. The number of methoxy groups -OCH3 is 1. The van der Waals surface area contributed by atoms with E-state index < -0.39 is 11.0 Å². The molecule has 4 atom stereocenters. The summed E-state index contributed by atoms with van der Waals surface area (Å²) in [4.78, 5) is 17.6. The normalized spacial score (nSPS) is 29.5. The van der Waals surface area contributed by atoms with Crippen molar-refractivity contribution in [1.82, 2.24) is 9.80 Å². The Bertz CT molecular complexity index is 1370. The molecule has 2 saturated carbocycles. The van der Waals surface area contributed by atoms with Crippen molar-refractivity contribution in [3.8, 4) is 23.3 Å². The topological polar surface area (TPSA) is 73.2 Å². The Balaban J connectivity index is 1.34. The summed E-state index contributed by atoms with van der Waals surface area (Å²) in [6.45, 7) is 6.06. The van der Waals surface area contributed by atoms with Gasteiger partial charge in [-0.15, -0.1) is 0 Å². The van der Waals surface area contributed by atoms with Crippen LogP contribution in [0.4, 0.5) is 0 Å². The molecule has 6 heteroatoms. The van der Waals surface area contributed by atoms with E-state index in [4.69, 9.17) is 4.74 Å². The summed E-state index contributed by atoms with van der Waals surface area (Å²) in [6, 6.07) is 9.69. The molecule has 6 nitrogen and oxygen atoms in total. The molecule has 0 unspecified atom stereocenters. The summed E-state index contributed by atoms with van der Waals surface area (Å²) in [5, 5.41) is 23.4. The van der Waals surface area contributed by atoms with Crippen LogP contribution in [0.2, 0.25) is 0 Å². The number of piperidine rings is 1. The van der Waals surface area contributed by atoms with Gasteiger partial charge in [-0.3, -0.25) is 9.69 Å². The fraction of sp³-hybridized carbons (Fsp3) is 0.545. The summed E-state index contributed by atoms with van der Waals surface area (Å²) in [6.07, 6.45) is 6.02. The number of benzene rings is 2. The molecule has 1 amide bonds. The van der Waals surface area contributed by atoms with Crippen LogP contribution in [-0.4, -0.2) is 70.9 Å². The average molecular weight is 529 g/mol. The molecule has 0 aromatic heterocycles. The molecule has 2 aromatic carbocycles. The predicted molar refractivity (Wildman–Crippen MR) is 151 cm³/mol. The summed E-state index contributed by atoms with van der Waals surface area (Å²) < 4.78 is 5.80. The number of aryl methyl sites for hydroxylation is 2. The summed E-state index contributed by atoms with van der Waals surface area (Å²) >= 11 is 0. The first-order valence-electron chi connectivity index (χ1n) is 14.4. The van der Waals surface area contributed by atoms with E-state index in [2.05, 4.69) is 23.7 Å². The number of ether oxygens (including phenoxy) is 1. The molecular weight excluding hydrogens is 488 g/mol. The average Bonchev–Trinajstić information content (AvgIpc) is 3.74. The summed E-state index contributed by atoms with van der Waals surface area (Å²) in [5.41, 5.74) is 3.74. The molecule has 206 valence electrons. The minimum absolute atomic E-state index is 0.0279. The first-order chi connectivity index (χ1) is 18.7. The molecule has 0 spiro atoms. The van der Waals surface area contributed by atoms with Crippen molar-refractivity contribution in [3.05, 3.63) is 58.1 Å². The second-order valence-corrected chi connectivity index (χ2v) is 12.4. The van der Waals surface area contributed by atoms with Crippen molar-refractivity contribution in [3.63, 3.8) is 0 Å². The van der Waals surface area contributed by atoms with Gasteiger partial charge in [0.1, 0.15) is 0 Å². The van der Waals surface area contributed by atoms with Gasteiger partial charge < -0.3 is 19.8 Å². The Hall–Kier alpha value is -3.01. The van der Waals surface area contributed by atoms with Gasteiger partial charge in [-0.05, 0) is 106 Å². The van der Waals surface area contributed by atoms with Crippen molar-refractivity contribution in [1.29, 1.82) is 0 Å². The van der Waals surface area contributed by atoms with Crippen LogP contribution in [0, 0.1) is 31.6 Å². The maximum atomic E-state index is 13.3. The number of rotatable bonds is 4. The van der Waals surface area contributed by atoms with Gasteiger partial charge in [0.25, 0.3) is 5.91 Å². The molecule has 3 aliphatic carbocycles. The van der Waals surface area contributed by atoms with Crippen molar-refractivity contribution in [2.45, 2.75) is 81.9 Å². The molecule has 2 aromatic rings. The Morgan fingerprint density at radius 3 is 2.67 bits per heavy atom. The molecule has 6 rings (SSSR count). The highest BCUT2D eigenvalue weighted by molar-refractivity contribution is 5.94. The lowest BCUT2D eigenvalue weighted by atomic mass is 9.48. The SMILES string of the molecule is COc1c(O)ccc2c1[C@]13CCN(CC4CC4)[C@H](C2)[C@]1(O)CC[C@@H](N(C)C(=O)C#Cc1ccc(C)c(C)c1)C3. The van der Waals surface area contributed by atoms with E-state index in [9.17, 15) is 15.0 Å². The highest BCUT2D eigenvalue weighted by Gasteiger charge is 2.66. The van der Waals surface area contributed by atoms with E-state index in [1.54, 1.807) is 18.1 Å². The van der Waals surface area contributed by atoms with Crippen molar-refractivity contribution in [2.24, 2.45) is 5.92 Å². The third kappa shape index (κ3) is 4.22. The van der Waals surface area contributed by atoms with Crippen LogP contribution in [0.3, 0.4) is 0 Å². The number of likely N-dealkylation sites (tertiary alicyclic amines) is 1. The van der Waals surface area contributed by atoms with Crippen molar-refractivity contribution < 1.29 is 19.7 Å². The second kappa shape index (κ2) is 9.57. The zero-order valence-electron chi connectivity index (χ0n) is 23.6. The van der Waals surface area contributed by atoms with Gasteiger partial charge in [-0.25, -0.2) is 0 Å². The zero-order chi connectivity index (χ0) is 27.5. The number of phenolic OH excluding ortho intramolecular Hbond substituents is 1. The Labute approximate surface area is 232 Å². The standard InChI is InChI=1S/C33H40N2O4/c1-21-5-6-23(17-22(21)2)9-12-29(37)34(3)26-13-14-33(38)28-18-25-10-11-27(36)31(39-4)30(25)32(33,19-26)15-16-35(28)20-24-7-8-24/h5-6,10-11,17,24,26,28,36,38H,7-8,13-16,18-20H2,1-4H3/t26-,28-,32-,33-/m1/s1. The Kier molecular flexibility index (Phi) is 6.44. The lowest BCUT2D eigenvalue weighted by Gasteiger charge is -2.65. The van der Waals surface area contributed by atoms with Gasteiger partial charge >= 0.3 is 0 Å². The number of fused-ring (bicyclic) bond motifs is 1. The van der Waals surface area contributed by atoms with E-state index in [0.717, 1.165) is 60.5 Å². The molecule has 1 heterocycles. The number of phenols is 1. The number of carbonyl (C=O) groups is 1. The minimum atomic E-state index is -0.945. The maximum absolute atomic E-state index is 13.3. The Morgan fingerprint density at radius 1 is 1.15 bits per heavy atom. The smallest absolute Gasteiger partial charge is 0.298 e. The van der Waals surface area contributed by atoms with E-state index in [-0.39, 0.29) is 23.7 Å². The van der Waals surface area contributed by atoms with Gasteiger partial charge in [0, 0.05) is 48.1 Å². The molecular formula is C33H40N2O4. The lowest BCUT2D eigenvalue weighted by Crippen LogP contribution is -2.74. The monoisotopic (exact) mass is 528 g/mol. The second-order valence-electron chi connectivity index (χ2n) is 12.4. The molecule has 1 aliphatic heterocycles. The van der Waals surface area contributed by atoms with Crippen molar-refractivity contribution >= 4 is 5.91 Å². The summed E-state index contributed by atoms with van der Waals surface area (Å²) in [7, 11) is 3.43. The van der Waals surface area contributed by atoms with Gasteiger partial charge in [-0.2, -0.15) is 0 Å². The largest absolute Gasteiger partial charge is 0.504 e. The van der Waals surface area contributed by atoms with Crippen LogP contribution in [0.15, 0.2) is 30.3 Å². The van der Waals surface area contributed by atoms with Crippen LogP contribution in [-0.2, 0) is 16.6 Å². The maximum Gasteiger partial charge on any atom is 0.298 e. The number of hydrogen-bond donors (Lipinski definition) is 2. The first-order valence-corrected chi connectivity index (χ1v) is 14.4. The lowest BCUT2D eigenvalue weighted by molar-refractivity contribution is -0.178. The third-order valence-corrected chi connectivity index (χ3v) is 10.3. The minimum Gasteiger partial charge on any atom is -0.504 e. The molecule has 3 fully saturated rings. The van der Waals surface area contributed by atoms with Gasteiger partial charge in [0.15, 0.2) is 11.5 Å². The highest BCUT2D eigenvalue weighted by Crippen LogP contribution is 2.61. The third-order valence-electron chi connectivity index (χ3n) is 10.3. The number of aromatic hydroxyl groups is 1. The van der Waals surface area contributed by atoms with Crippen LogP contribution in [0.25, 0.3) is 0 Å². The van der Waals surface area contributed by atoms with E-state index >= 15 is 0 Å². The molecule has 4 aliphatic rings. The molecule has 2 N–H and O–H groups in total. The number of carbonyl (C=O) groups excluding carboxylic acids is 1.